The van der Waals surface area contributed by atoms with E-state index in [4.69, 9.17) is 0 Å². The van der Waals surface area contributed by atoms with E-state index < -0.39 is 0 Å². The summed E-state index contributed by atoms with van der Waals surface area (Å²) in [7, 11) is 0. The third kappa shape index (κ3) is 4.57. The molecule has 1 fully saturated rings. The summed E-state index contributed by atoms with van der Waals surface area (Å²) in [5.41, 5.74) is 2.02. The predicted octanol–water partition coefficient (Wildman–Crippen LogP) is 3.56. The average molecular weight is 278 g/mol. The first-order chi connectivity index (χ1) is 9.69. The Morgan fingerprint density at radius 1 is 1.30 bits per heavy atom. The highest BCUT2D eigenvalue weighted by molar-refractivity contribution is 5.25. The van der Waals surface area contributed by atoms with E-state index in [-0.39, 0.29) is 5.82 Å². The van der Waals surface area contributed by atoms with Crippen LogP contribution in [-0.2, 0) is 13.1 Å². The quantitative estimate of drug-likeness (QED) is 0.886. The third-order valence-electron chi connectivity index (χ3n) is 4.19. The van der Waals surface area contributed by atoms with E-state index in [0.29, 0.717) is 0 Å². The summed E-state index contributed by atoms with van der Waals surface area (Å²) in [5.74, 6) is 0.743. The summed E-state index contributed by atoms with van der Waals surface area (Å²) in [5, 5.41) is 3.29. The lowest BCUT2D eigenvalue weighted by Crippen LogP contribution is -2.25. The van der Waals surface area contributed by atoms with E-state index in [1.165, 1.54) is 24.8 Å². The molecule has 0 radical (unpaired) electrons. The number of halogens is 1. The first-order valence-electron chi connectivity index (χ1n) is 7.89. The summed E-state index contributed by atoms with van der Waals surface area (Å²) in [4.78, 5) is 2.40. The van der Waals surface area contributed by atoms with Gasteiger partial charge in [-0.3, -0.25) is 4.90 Å². The van der Waals surface area contributed by atoms with Crippen LogP contribution in [0, 0.1) is 11.7 Å². The molecular formula is C17H27FN2. The number of likely N-dealkylation sites (tertiary alicyclic amines) is 1. The lowest BCUT2D eigenvalue weighted by atomic mass is 10.0. The maximum absolute atomic E-state index is 14.0. The Bertz CT molecular complexity index is 419. The highest BCUT2D eigenvalue weighted by Crippen LogP contribution is 2.20. The van der Waals surface area contributed by atoms with E-state index in [0.717, 1.165) is 44.2 Å². The molecule has 0 amide bonds. The van der Waals surface area contributed by atoms with E-state index in [2.05, 4.69) is 24.1 Å². The van der Waals surface area contributed by atoms with Crippen molar-refractivity contribution >= 4 is 0 Å². The Labute approximate surface area is 122 Å². The van der Waals surface area contributed by atoms with Crippen molar-refractivity contribution < 1.29 is 4.39 Å². The minimum atomic E-state index is -0.0671. The van der Waals surface area contributed by atoms with Gasteiger partial charge >= 0.3 is 0 Å². The second kappa shape index (κ2) is 7.75. The van der Waals surface area contributed by atoms with Crippen LogP contribution in [0.15, 0.2) is 18.2 Å². The largest absolute Gasteiger partial charge is 0.313 e. The highest BCUT2D eigenvalue weighted by atomic mass is 19.1. The molecule has 0 spiro atoms. The van der Waals surface area contributed by atoms with Crippen LogP contribution in [0.1, 0.15) is 44.2 Å². The summed E-state index contributed by atoms with van der Waals surface area (Å²) >= 11 is 0. The van der Waals surface area contributed by atoms with Crippen molar-refractivity contribution in [1.29, 1.82) is 0 Å². The van der Waals surface area contributed by atoms with E-state index in [1.807, 2.05) is 12.1 Å². The van der Waals surface area contributed by atoms with Gasteiger partial charge in [0.25, 0.3) is 0 Å². The van der Waals surface area contributed by atoms with Gasteiger partial charge in [-0.25, -0.2) is 4.39 Å². The fraction of sp³-hybridized carbons (Fsp3) is 0.647. The summed E-state index contributed by atoms with van der Waals surface area (Å²) in [6.45, 7) is 9.11. The van der Waals surface area contributed by atoms with Gasteiger partial charge in [0.1, 0.15) is 5.82 Å². The second-order valence-electron chi connectivity index (χ2n) is 6.02. The zero-order valence-corrected chi connectivity index (χ0v) is 12.8. The van der Waals surface area contributed by atoms with Crippen LogP contribution in [0.25, 0.3) is 0 Å². The first kappa shape index (κ1) is 15.5. The minimum absolute atomic E-state index is 0.0671. The third-order valence-corrected chi connectivity index (χ3v) is 4.19. The van der Waals surface area contributed by atoms with Gasteiger partial charge in [0.05, 0.1) is 0 Å². The van der Waals surface area contributed by atoms with Gasteiger partial charge in [-0.05, 0) is 56.4 Å². The topological polar surface area (TPSA) is 15.3 Å². The summed E-state index contributed by atoms with van der Waals surface area (Å²) in [6, 6.07) is 5.51. The summed E-state index contributed by atoms with van der Waals surface area (Å²) < 4.78 is 14.0. The zero-order chi connectivity index (χ0) is 14.4. The molecule has 0 aromatic heterocycles. The number of hydrogen-bond acceptors (Lipinski definition) is 2. The minimum Gasteiger partial charge on any atom is -0.313 e. The second-order valence-corrected chi connectivity index (χ2v) is 6.02. The molecule has 1 heterocycles. The molecule has 1 atom stereocenters. The molecule has 0 aliphatic carbocycles. The highest BCUT2D eigenvalue weighted by Gasteiger charge is 2.15. The molecule has 1 unspecified atom stereocenters. The van der Waals surface area contributed by atoms with Crippen molar-refractivity contribution in [2.45, 2.75) is 46.2 Å². The number of benzene rings is 1. The molecule has 112 valence electrons. The van der Waals surface area contributed by atoms with Gasteiger partial charge in [-0.2, -0.15) is 0 Å². The SMILES string of the molecule is CCNCc1ccc(F)c(CN2CCCC(C)CC2)c1. The van der Waals surface area contributed by atoms with Gasteiger partial charge in [-0.15, -0.1) is 0 Å². The maximum atomic E-state index is 14.0. The van der Waals surface area contributed by atoms with Gasteiger partial charge in [0.15, 0.2) is 0 Å². The monoisotopic (exact) mass is 278 g/mol. The van der Waals surface area contributed by atoms with Crippen molar-refractivity contribution in [1.82, 2.24) is 10.2 Å². The Hall–Kier alpha value is -0.930. The van der Waals surface area contributed by atoms with Crippen LogP contribution in [0.4, 0.5) is 4.39 Å². The first-order valence-corrected chi connectivity index (χ1v) is 7.89. The molecule has 2 rings (SSSR count). The molecule has 3 heteroatoms. The van der Waals surface area contributed by atoms with Gasteiger partial charge < -0.3 is 5.32 Å². The standard InChI is InChI=1S/C17H27FN2/c1-3-19-12-15-6-7-17(18)16(11-15)13-20-9-4-5-14(2)8-10-20/h6-7,11,14,19H,3-5,8-10,12-13H2,1-2H3. The van der Waals surface area contributed by atoms with Gasteiger partial charge in [0, 0.05) is 18.7 Å². The zero-order valence-electron chi connectivity index (χ0n) is 12.8. The van der Waals surface area contributed by atoms with E-state index >= 15 is 0 Å². The molecule has 1 aliphatic rings. The molecule has 1 saturated heterocycles. The van der Waals surface area contributed by atoms with E-state index in [9.17, 15) is 4.39 Å². The Kier molecular flexibility index (Phi) is 5.99. The van der Waals surface area contributed by atoms with Gasteiger partial charge in [-0.1, -0.05) is 26.0 Å². The molecule has 2 nitrogen and oxygen atoms in total. The molecule has 1 aliphatic heterocycles. The molecule has 20 heavy (non-hydrogen) atoms. The normalized spacial score (nSPS) is 20.9. The van der Waals surface area contributed by atoms with Crippen LogP contribution in [0.2, 0.25) is 0 Å². The number of nitrogens with one attached hydrogen (secondary N) is 1. The molecule has 1 aromatic carbocycles. The number of hydrogen-bond donors (Lipinski definition) is 1. The lowest BCUT2D eigenvalue weighted by molar-refractivity contribution is 0.269. The molecule has 1 aromatic rings. The van der Waals surface area contributed by atoms with Crippen LogP contribution in [0.3, 0.4) is 0 Å². The van der Waals surface area contributed by atoms with Crippen LogP contribution in [-0.4, -0.2) is 24.5 Å². The van der Waals surface area contributed by atoms with E-state index in [1.54, 1.807) is 6.07 Å². The average Bonchev–Trinajstić information content (AvgIpc) is 2.64. The summed E-state index contributed by atoms with van der Waals surface area (Å²) in [6.07, 6.45) is 3.78. The maximum Gasteiger partial charge on any atom is 0.127 e. The Morgan fingerprint density at radius 3 is 2.95 bits per heavy atom. The van der Waals surface area contributed by atoms with Crippen LogP contribution < -0.4 is 5.32 Å². The van der Waals surface area contributed by atoms with Crippen molar-refractivity contribution in [2.75, 3.05) is 19.6 Å². The fourth-order valence-electron chi connectivity index (χ4n) is 2.85. The molecule has 1 N–H and O–H groups in total. The Balaban J connectivity index is 2.00. The van der Waals surface area contributed by atoms with Crippen molar-refractivity contribution in [3.63, 3.8) is 0 Å². The predicted molar refractivity (Wildman–Crippen MR) is 82.1 cm³/mol. The smallest absolute Gasteiger partial charge is 0.127 e. The number of nitrogens with zero attached hydrogens (tertiary/aromatic N) is 1. The van der Waals surface area contributed by atoms with Crippen molar-refractivity contribution in [3.8, 4) is 0 Å². The van der Waals surface area contributed by atoms with Crippen molar-refractivity contribution in [3.05, 3.63) is 35.1 Å². The molecule has 0 bridgehead atoms. The van der Waals surface area contributed by atoms with Crippen LogP contribution >= 0.6 is 0 Å². The number of rotatable bonds is 5. The molecular weight excluding hydrogens is 251 g/mol. The van der Waals surface area contributed by atoms with Crippen LogP contribution in [0.5, 0.6) is 0 Å². The van der Waals surface area contributed by atoms with Crippen molar-refractivity contribution in [2.24, 2.45) is 5.92 Å². The fourth-order valence-corrected chi connectivity index (χ4v) is 2.85. The molecule has 0 saturated carbocycles. The van der Waals surface area contributed by atoms with Gasteiger partial charge in [0.2, 0.25) is 0 Å². The Morgan fingerprint density at radius 2 is 2.15 bits per heavy atom. The lowest BCUT2D eigenvalue weighted by Gasteiger charge is -2.20.